The van der Waals surface area contributed by atoms with E-state index in [-0.39, 0.29) is 11.0 Å². The number of pyridine rings is 1. The predicted molar refractivity (Wildman–Crippen MR) is 71.2 cm³/mol. The molecule has 19 heavy (non-hydrogen) atoms. The lowest BCUT2D eigenvalue weighted by Gasteiger charge is -2.24. The van der Waals surface area contributed by atoms with Gasteiger partial charge >= 0.3 is 5.97 Å². The third kappa shape index (κ3) is 1.99. The summed E-state index contributed by atoms with van der Waals surface area (Å²) in [6.07, 6.45) is 4.89. The Hall–Kier alpha value is -1.91. The first-order chi connectivity index (χ1) is 8.97. The van der Waals surface area contributed by atoms with Crippen LogP contribution < -0.4 is 0 Å². The molecule has 0 aromatic carbocycles. The second-order valence-electron chi connectivity index (χ2n) is 5.96. The first kappa shape index (κ1) is 12.1. The highest BCUT2D eigenvalue weighted by Crippen LogP contribution is 2.48. The summed E-state index contributed by atoms with van der Waals surface area (Å²) in [6, 6.07) is 1.60. The Balaban J connectivity index is 2.04. The van der Waals surface area contributed by atoms with Gasteiger partial charge in [0.2, 0.25) is 0 Å². The van der Waals surface area contributed by atoms with E-state index in [4.69, 9.17) is 5.11 Å². The van der Waals surface area contributed by atoms with Crippen LogP contribution in [0.3, 0.4) is 0 Å². The molecule has 2 N–H and O–H groups in total. The van der Waals surface area contributed by atoms with Crippen molar-refractivity contribution >= 4 is 17.1 Å². The topological polar surface area (TPSA) is 78.9 Å². The summed E-state index contributed by atoms with van der Waals surface area (Å²) in [7, 11) is 0. The van der Waals surface area contributed by atoms with Gasteiger partial charge in [0.25, 0.3) is 0 Å². The smallest absolute Gasteiger partial charge is 0.337 e. The number of aromatic carboxylic acids is 1. The van der Waals surface area contributed by atoms with Gasteiger partial charge in [-0.2, -0.15) is 0 Å². The van der Waals surface area contributed by atoms with Crippen molar-refractivity contribution < 1.29 is 9.90 Å². The van der Waals surface area contributed by atoms with Crippen molar-refractivity contribution in [2.45, 2.75) is 39.0 Å². The van der Waals surface area contributed by atoms with Gasteiger partial charge in [-0.3, -0.25) is 0 Å². The molecule has 5 nitrogen and oxygen atoms in total. The van der Waals surface area contributed by atoms with Gasteiger partial charge in [-0.15, -0.1) is 0 Å². The van der Waals surface area contributed by atoms with E-state index in [9.17, 15) is 4.79 Å². The van der Waals surface area contributed by atoms with Crippen molar-refractivity contribution in [3.05, 3.63) is 23.7 Å². The average Bonchev–Trinajstić information content (AvgIpc) is 2.89. The molecule has 5 heteroatoms. The fraction of sp³-hybridized carbons (Fsp3) is 0.500. The minimum Gasteiger partial charge on any atom is -0.478 e. The highest BCUT2D eigenvalue weighted by Gasteiger charge is 2.37. The first-order valence-electron chi connectivity index (χ1n) is 6.56. The number of aromatic nitrogens is 3. The summed E-state index contributed by atoms with van der Waals surface area (Å²) in [5, 5.41) is 8.97. The van der Waals surface area contributed by atoms with Crippen LogP contribution in [0, 0.1) is 5.41 Å². The largest absolute Gasteiger partial charge is 0.478 e. The van der Waals surface area contributed by atoms with Crippen molar-refractivity contribution in [2.24, 2.45) is 5.41 Å². The number of rotatable bonds is 2. The number of fused-ring (bicyclic) bond motifs is 1. The van der Waals surface area contributed by atoms with E-state index in [0.717, 1.165) is 12.2 Å². The summed E-state index contributed by atoms with van der Waals surface area (Å²) in [5.41, 5.74) is 1.73. The molecule has 3 rings (SSSR count). The number of carboxylic acid groups (broad SMARTS) is 1. The van der Waals surface area contributed by atoms with Crippen molar-refractivity contribution in [3.63, 3.8) is 0 Å². The summed E-state index contributed by atoms with van der Waals surface area (Å²) in [4.78, 5) is 22.8. The third-order valence-corrected chi connectivity index (χ3v) is 4.19. The molecule has 0 spiro atoms. The maximum Gasteiger partial charge on any atom is 0.337 e. The zero-order valence-electron chi connectivity index (χ0n) is 11.1. The van der Waals surface area contributed by atoms with Crippen LogP contribution >= 0.6 is 0 Å². The van der Waals surface area contributed by atoms with Crippen LogP contribution in [-0.2, 0) is 0 Å². The fourth-order valence-corrected chi connectivity index (χ4v) is 3.03. The predicted octanol–water partition coefficient (Wildman–Crippen LogP) is 2.95. The molecule has 0 aliphatic heterocycles. The molecule has 1 saturated carbocycles. The van der Waals surface area contributed by atoms with E-state index in [1.165, 1.54) is 19.0 Å². The first-order valence-corrected chi connectivity index (χ1v) is 6.56. The minimum atomic E-state index is -0.966. The molecule has 1 aliphatic rings. The summed E-state index contributed by atoms with van der Waals surface area (Å²) < 4.78 is 0. The van der Waals surface area contributed by atoms with Crippen LogP contribution in [0.2, 0.25) is 0 Å². The SMILES string of the molecule is CC1(C)CCCC1c1nc2ncc(C(=O)O)cc2[nH]1. The normalized spacial score (nSPS) is 21.9. The van der Waals surface area contributed by atoms with Gasteiger partial charge in [0.05, 0.1) is 11.1 Å². The number of hydrogen-bond acceptors (Lipinski definition) is 3. The van der Waals surface area contributed by atoms with Crippen molar-refractivity contribution in [1.82, 2.24) is 15.0 Å². The van der Waals surface area contributed by atoms with E-state index in [0.29, 0.717) is 17.1 Å². The Bertz CT molecular complexity index is 645. The second kappa shape index (κ2) is 4.05. The minimum absolute atomic E-state index is 0.188. The maximum absolute atomic E-state index is 10.9. The zero-order valence-corrected chi connectivity index (χ0v) is 11.1. The molecule has 2 aromatic heterocycles. The second-order valence-corrected chi connectivity index (χ2v) is 5.96. The number of H-pyrrole nitrogens is 1. The van der Waals surface area contributed by atoms with Crippen LogP contribution in [0.15, 0.2) is 12.3 Å². The molecular weight excluding hydrogens is 242 g/mol. The quantitative estimate of drug-likeness (QED) is 0.869. The molecular formula is C14H17N3O2. The van der Waals surface area contributed by atoms with Gasteiger partial charge < -0.3 is 10.1 Å². The summed E-state index contributed by atoms with van der Waals surface area (Å²) in [5.74, 6) is 0.370. The van der Waals surface area contributed by atoms with Gasteiger partial charge in [0.1, 0.15) is 5.82 Å². The third-order valence-electron chi connectivity index (χ3n) is 4.19. The van der Waals surface area contributed by atoms with Gasteiger partial charge in [-0.25, -0.2) is 14.8 Å². The lowest BCUT2D eigenvalue weighted by Crippen LogP contribution is -2.16. The van der Waals surface area contributed by atoms with Crippen LogP contribution in [-0.4, -0.2) is 26.0 Å². The molecule has 1 atom stereocenters. The Morgan fingerprint density at radius 3 is 2.95 bits per heavy atom. The molecule has 1 unspecified atom stereocenters. The molecule has 1 aliphatic carbocycles. The summed E-state index contributed by atoms with van der Waals surface area (Å²) in [6.45, 7) is 4.52. The van der Waals surface area contributed by atoms with Crippen molar-refractivity contribution in [1.29, 1.82) is 0 Å². The van der Waals surface area contributed by atoms with Crippen LogP contribution in [0.25, 0.3) is 11.2 Å². The Morgan fingerprint density at radius 1 is 1.53 bits per heavy atom. The van der Waals surface area contributed by atoms with E-state index < -0.39 is 5.97 Å². The standard InChI is InChI=1S/C14H17N3O2/c1-14(2)5-3-4-9(14)11-16-10-6-8(13(18)19)7-15-12(10)17-11/h6-7,9H,3-5H2,1-2H3,(H,18,19)(H,15,16,17). The molecule has 1 fully saturated rings. The lowest BCUT2D eigenvalue weighted by atomic mass is 9.81. The number of carboxylic acids is 1. The number of aromatic amines is 1. The van der Waals surface area contributed by atoms with Crippen molar-refractivity contribution in [3.8, 4) is 0 Å². The van der Waals surface area contributed by atoms with E-state index in [1.807, 2.05) is 0 Å². The van der Waals surface area contributed by atoms with Gasteiger partial charge in [-0.05, 0) is 24.3 Å². The van der Waals surface area contributed by atoms with Gasteiger partial charge in [0.15, 0.2) is 5.65 Å². The number of nitrogens with one attached hydrogen (secondary N) is 1. The summed E-state index contributed by atoms with van der Waals surface area (Å²) >= 11 is 0. The molecule has 0 radical (unpaired) electrons. The zero-order chi connectivity index (χ0) is 13.6. The van der Waals surface area contributed by atoms with E-state index in [1.54, 1.807) is 6.07 Å². The van der Waals surface area contributed by atoms with Crippen LogP contribution in [0.5, 0.6) is 0 Å². The molecule has 0 bridgehead atoms. The Labute approximate surface area is 111 Å². The number of imidazole rings is 1. The molecule has 0 saturated heterocycles. The van der Waals surface area contributed by atoms with Crippen LogP contribution in [0.4, 0.5) is 0 Å². The Morgan fingerprint density at radius 2 is 2.32 bits per heavy atom. The number of nitrogens with zero attached hydrogens (tertiary/aromatic N) is 2. The highest BCUT2D eigenvalue weighted by atomic mass is 16.4. The van der Waals surface area contributed by atoms with Gasteiger partial charge in [-0.1, -0.05) is 20.3 Å². The van der Waals surface area contributed by atoms with E-state index in [2.05, 4.69) is 28.8 Å². The lowest BCUT2D eigenvalue weighted by molar-refractivity contribution is 0.0696. The fourth-order valence-electron chi connectivity index (χ4n) is 3.03. The molecule has 0 amide bonds. The molecule has 2 heterocycles. The number of hydrogen-bond donors (Lipinski definition) is 2. The monoisotopic (exact) mass is 259 g/mol. The maximum atomic E-state index is 10.9. The average molecular weight is 259 g/mol. The molecule has 2 aromatic rings. The van der Waals surface area contributed by atoms with E-state index >= 15 is 0 Å². The highest BCUT2D eigenvalue weighted by molar-refractivity contribution is 5.90. The molecule has 100 valence electrons. The number of carbonyl (C=O) groups is 1. The van der Waals surface area contributed by atoms with Crippen LogP contribution in [0.1, 0.15) is 55.2 Å². The van der Waals surface area contributed by atoms with Gasteiger partial charge in [0, 0.05) is 12.1 Å². The Kier molecular flexibility index (Phi) is 2.59. The van der Waals surface area contributed by atoms with Crippen molar-refractivity contribution in [2.75, 3.05) is 0 Å².